The maximum atomic E-state index is 12.2. The molecular formula is C12H13ClN6O2. The first kappa shape index (κ1) is 13.6. The third kappa shape index (κ3) is 2.75. The van der Waals surface area contributed by atoms with Gasteiger partial charge < -0.3 is 10.5 Å². The van der Waals surface area contributed by atoms with Gasteiger partial charge in [-0.2, -0.15) is 10.1 Å². The summed E-state index contributed by atoms with van der Waals surface area (Å²) in [6, 6.07) is 1.44. The van der Waals surface area contributed by atoms with Crippen LogP contribution in [0.15, 0.2) is 6.07 Å². The Labute approximate surface area is 125 Å². The van der Waals surface area contributed by atoms with Crippen LogP contribution in [0.4, 0.5) is 11.6 Å². The van der Waals surface area contributed by atoms with Crippen molar-refractivity contribution >= 4 is 29.1 Å². The normalized spacial score (nSPS) is 14.0. The van der Waals surface area contributed by atoms with Crippen molar-refractivity contribution in [3.63, 3.8) is 0 Å². The van der Waals surface area contributed by atoms with E-state index in [1.807, 2.05) is 0 Å². The summed E-state index contributed by atoms with van der Waals surface area (Å²) in [4.78, 5) is 20.0. The number of aromatic amines is 1. The molecular weight excluding hydrogens is 296 g/mol. The van der Waals surface area contributed by atoms with E-state index in [4.69, 9.17) is 22.1 Å². The van der Waals surface area contributed by atoms with Crippen LogP contribution in [-0.2, 0) is 0 Å². The fraction of sp³-hybridized carbons (Fsp3) is 0.333. The second kappa shape index (κ2) is 5.21. The van der Waals surface area contributed by atoms with Gasteiger partial charge in [0, 0.05) is 12.0 Å². The molecule has 1 fully saturated rings. The first-order chi connectivity index (χ1) is 10.1. The van der Waals surface area contributed by atoms with Crippen molar-refractivity contribution < 1.29 is 9.53 Å². The van der Waals surface area contributed by atoms with Crippen LogP contribution < -0.4 is 15.8 Å². The third-order valence-electron chi connectivity index (χ3n) is 3.14. The van der Waals surface area contributed by atoms with Gasteiger partial charge in [-0.3, -0.25) is 15.2 Å². The third-order valence-corrected chi connectivity index (χ3v) is 3.33. The number of carbonyl (C=O) groups excluding carboxylic acids is 1. The number of halogens is 1. The van der Waals surface area contributed by atoms with Gasteiger partial charge in [0.05, 0.1) is 18.5 Å². The molecule has 0 aromatic carbocycles. The maximum absolute atomic E-state index is 12.2. The minimum Gasteiger partial charge on any atom is -0.481 e. The van der Waals surface area contributed by atoms with Crippen molar-refractivity contribution in [1.82, 2.24) is 20.2 Å². The number of rotatable bonds is 4. The summed E-state index contributed by atoms with van der Waals surface area (Å²) in [5.74, 6) is 0.153. The van der Waals surface area contributed by atoms with E-state index in [1.165, 1.54) is 13.2 Å². The van der Waals surface area contributed by atoms with E-state index in [-0.39, 0.29) is 22.7 Å². The summed E-state index contributed by atoms with van der Waals surface area (Å²) in [5, 5.41) is 9.42. The average Bonchev–Trinajstić information content (AvgIpc) is 3.21. The minimum absolute atomic E-state index is 0.0275. The Balaban J connectivity index is 1.81. The molecule has 0 radical (unpaired) electrons. The number of amides is 1. The number of carbonyl (C=O) groups is 1. The first-order valence-electron chi connectivity index (χ1n) is 6.32. The van der Waals surface area contributed by atoms with E-state index in [0.29, 0.717) is 11.6 Å². The van der Waals surface area contributed by atoms with Crippen LogP contribution in [0.1, 0.15) is 34.9 Å². The molecule has 9 heteroatoms. The van der Waals surface area contributed by atoms with E-state index < -0.39 is 5.91 Å². The fourth-order valence-corrected chi connectivity index (χ4v) is 2.11. The number of methoxy groups -OCH3 is 1. The van der Waals surface area contributed by atoms with Crippen molar-refractivity contribution in [2.45, 2.75) is 18.8 Å². The Kier molecular flexibility index (Phi) is 3.38. The molecule has 8 nitrogen and oxygen atoms in total. The van der Waals surface area contributed by atoms with Crippen molar-refractivity contribution in [3.05, 3.63) is 22.6 Å². The highest BCUT2D eigenvalue weighted by Crippen LogP contribution is 2.42. The fourth-order valence-electron chi connectivity index (χ4n) is 1.94. The van der Waals surface area contributed by atoms with Gasteiger partial charge in [0.1, 0.15) is 5.15 Å². The SMILES string of the molecule is COc1cc(Cl)nc(NC(=O)c2n[nH]c(C3CC3)c2N)n1. The van der Waals surface area contributed by atoms with Gasteiger partial charge in [-0.25, -0.2) is 4.98 Å². The van der Waals surface area contributed by atoms with E-state index in [1.54, 1.807) is 0 Å². The number of nitrogens with two attached hydrogens (primary N) is 1. The van der Waals surface area contributed by atoms with Gasteiger partial charge in [-0.05, 0) is 12.8 Å². The number of aromatic nitrogens is 4. The lowest BCUT2D eigenvalue weighted by Gasteiger charge is -2.05. The lowest BCUT2D eigenvalue weighted by molar-refractivity contribution is 0.102. The summed E-state index contributed by atoms with van der Waals surface area (Å²) >= 11 is 5.81. The van der Waals surface area contributed by atoms with Crippen molar-refractivity contribution in [1.29, 1.82) is 0 Å². The topological polar surface area (TPSA) is 119 Å². The monoisotopic (exact) mass is 308 g/mol. The molecule has 110 valence electrons. The molecule has 0 spiro atoms. The Bertz CT molecular complexity index is 697. The lowest BCUT2D eigenvalue weighted by Crippen LogP contribution is -2.16. The summed E-state index contributed by atoms with van der Waals surface area (Å²) in [5.41, 5.74) is 7.24. The van der Waals surface area contributed by atoms with Crippen LogP contribution in [-0.4, -0.2) is 33.2 Å². The van der Waals surface area contributed by atoms with Gasteiger partial charge in [0.25, 0.3) is 5.91 Å². The number of anilines is 2. The van der Waals surface area contributed by atoms with Crippen LogP contribution in [0.25, 0.3) is 0 Å². The summed E-state index contributed by atoms with van der Waals surface area (Å²) in [7, 11) is 1.44. The molecule has 0 saturated heterocycles. The van der Waals surface area contributed by atoms with Gasteiger partial charge in [0.15, 0.2) is 5.69 Å². The average molecular weight is 309 g/mol. The molecule has 0 unspecified atom stereocenters. The first-order valence-corrected chi connectivity index (χ1v) is 6.70. The Morgan fingerprint density at radius 3 is 2.95 bits per heavy atom. The van der Waals surface area contributed by atoms with Crippen LogP contribution in [0, 0.1) is 0 Å². The van der Waals surface area contributed by atoms with Gasteiger partial charge in [0.2, 0.25) is 11.8 Å². The van der Waals surface area contributed by atoms with Crippen LogP contribution in [0.2, 0.25) is 5.15 Å². The number of ether oxygens (including phenoxy) is 1. The zero-order valence-electron chi connectivity index (χ0n) is 11.2. The van der Waals surface area contributed by atoms with E-state index in [9.17, 15) is 4.79 Å². The molecule has 1 saturated carbocycles. The number of nitrogens with one attached hydrogen (secondary N) is 2. The van der Waals surface area contributed by atoms with Crippen molar-refractivity contribution in [3.8, 4) is 5.88 Å². The van der Waals surface area contributed by atoms with Gasteiger partial charge >= 0.3 is 0 Å². The van der Waals surface area contributed by atoms with E-state index in [2.05, 4.69) is 25.5 Å². The highest BCUT2D eigenvalue weighted by molar-refractivity contribution is 6.29. The zero-order chi connectivity index (χ0) is 15.0. The molecule has 0 atom stereocenters. The standard InChI is InChI=1S/C12H13ClN6O2/c1-21-7-4-6(13)15-12(16-7)17-11(20)10-8(14)9(18-19-10)5-2-3-5/h4-5H,2-3,14H2,1H3,(H,18,19)(H,15,16,17,20). The molecule has 0 aliphatic heterocycles. The lowest BCUT2D eigenvalue weighted by atomic mass is 10.2. The maximum Gasteiger partial charge on any atom is 0.280 e. The summed E-state index contributed by atoms with van der Waals surface area (Å²) in [6.07, 6.45) is 2.12. The van der Waals surface area contributed by atoms with E-state index >= 15 is 0 Å². The molecule has 2 aromatic rings. The highest BCUT2D eigenvalue weighted by Gasteiger charge is 2.30. The van der Waals surface area contributed by atoms with Gasteiger partial charge in [-0.15, -0.1) is 0 Å². The molecule has 2 aromatic heterocycles. The molecule has 3 rings (SSSR count). The number of hydrogen-bond acceptors (Lipinski definition) is 6. The number of H-pyrrole nitrogens is 1. The molecule has 4 N–H and O–H groups in total. The Hall–Kier alpha value is -2.35. The van der Waals surface area contributed by atoms with Gasteiger partial charge in [-0.1, -0.05) is 11.6 Å². The molecule has 0 bridgehead atoms. The predicted molar refractivity (Wildman–Crippen MR) is 76.5 cm³/mol. The molecule has 2 heterocycles. The number of nitrogens with zero attached hydrogens (tertiary/aromatic N) is 3. The molecule has 1 aliphatic carbocycles. The smallest absolute Gasteiger partial charge is 0.280 e. The van der Waals surface area contributed by atoms with Crippen LogP contribution in [0.3, 0.4) is 0 Å². The predicted octanol–water partition coefficient (Wildman–Crippen LogP) is 1.57. The molecule has 21 heavy (non-hydrogen) atoms. The Morgan fingerprint density at radius 1 is 1.52 bits per heavy atom. The summed E-state index contributed by atoms with van der Waals surface area (Å²) in [6.45, 7) is 0. The molecule has 1 amide bonds. The van der Waals surface area contributed by atoms with Crippen LogP contribution >= 0.6 is 11.6 Å². The zero-order valence-corrected chi connectivity index (χ0v) is 11.9. The second-order valence-electron chi connectivity index (χ2n) is 4.68. The molecule has 1 aliphatic rings. The highest BCUT2D eigenvalue weighted by atomic mass is 35.5. The van der Waals surface area contributed by atoms with Crippen molar-refractivity contribution in [2.75, 3.05) is 18.2 Å². The quantitative estimate of drug-likeness (QED) is 0.738. The second-order valence-corrected chi connectivity index (χ2v) is 5.07. The largest absolute Gasteiger partial charge is 0.481 e. The Morgan fingerprint density at radius 2 is 2.29 bits per heavy atom. The van der Waals surface area contributed by atoms with Crippen LogP contribution in [0.5, 0.6) is 5.88 Å². The van der Waals surface area contributed by atoms with Crippen molar-refractivity contribution in [2.24, 2.45) is 0 Å². The summed E-state index contributed by atoms with van der Waals surface area (Å²) < 4.78 is 4.96. The van der Waals surface area contributed by atoms with E-state index in [0.717, 1.165) is 18.5 Å². The minimum atomic E-state index is -0.500. The number of hydrogen-bond donors (Lipinski definition) is 3. The number of nitrogen functional groups attached to an aromatic ring is 1.